The summed E-state index contributed by atoms with van der Waals surface area (Å²) in [6, 6.07) is 0.0638. The molecule has 0 aromatic carbocycles. The van der Waals surface area contributed by atoms with Crippen LogP contribution in [0.2, 0.25) is 0 Å². The Morgan fingerprint density at radius 3 is 2.32 bits per heavy atom. The fourth-order valence-corrected chi connectivity index (χ4v) is 4.48. The molecule has 22 heavy (non-hydrogen) atoms. The predicted molar refractivity (Wildman–Crippen MR) is 85.6 cm³/mol. The lowest BCUT2D eigenvalue weighted by atomic mass is 10.1. The van der Waals surface area contributed by atoms with Gasteiger partial charge in [0.15, 0.2) is 5.13 Å². The number of hydrogen-bond acceptors (Lipinski definition) is 3. The molecule has 0 bridgehead atoms. The maximum absolute atomic E-state index is 14.1. The van der Waals surface area contributed by atoms with Gasteiger partial charge in [0, 0.05) is 44.1 Å². The van der Waals surface area contributed by atoms with Gasteiger partial charge in [0.2, 0.25) is 5.91 Å². The summed E-state index contributed by atoms with van der Waals surface area (Å²) in [7, 11) is 2.03. The Kier molecular flexibility index (Phi) is 4.19. The van der Waals surface area contributed by atoms with Crippen LogP contribution >= 0.6 is 11.6 Å². The lowest BCUT2D eigenvalue weighted by Gasteiger charge is -2.38. The second-order valence-corrected chi connectivity index (χ2v) is 8.05. The summed E-state index contributed by atoms with van der Waals surface area (Å²) in [5, 5.41) is -1.56. The maximum atomic E-state index is 14.1. The number of rotatable bonds is 3. The number of piperazine rings is 1. The van der Waals surface area contributed by atoms with Gasteiger partial charge in [0.05, 0.1) is 6.04 Å². The molecule has 3 fully saturated rings. The number of carbonyl (C=O) groups excluding carboxylic acids is 1. The third kappa shape index (κ3) is 2.55. The van der Waals surface area contributed by atoms with Gasteiger partial charge < -0.3 is 4.90 Å². The number of likely N-dealkylation sites (tertiary alicyclic amines) is 1. The molecule has 0 radical (unpaired) electrons. The topological polar surface area (TPSA) is 26.8 Å². The van der Waals surface area contributed by atoms with E-state index in [4.69, 9.17) is 11.6 Å². The van der Waals surface area contributed by atoms with Gasteiger partial charge >= 0.3 is 0 Å². The number of hydrogen-bond donors (Lipinski definition) is 0. The molecular weight excluding hydrogens is 305 g/mol. The highest BCUT2D eigenvalue weighted by atomic mass is 35.5. The molecule has 126 valence electrons. The first-order chi connectivity index (χ1) is 10.3. The van der Waals surface area contributed by atoms with Crippen LogP contribution in [0.15, 0.2) is 0 Å². The number of halogens is 2. The average molecular weight is 332 g/mol. The van der Waals surface area contributed by atoms with Crippen LogP contribution in [0.3, 0.4) is 0 Å². The van der Waals surface area contributed by atoms with E-state index >= 15 is 0 Å². The van der Waals surface area contributed by atoms with Gasteiger partial charge in [-0.15, -0.1) is 0 Å². The molecular formula is C16H27ClFN3O. The molecule has 6 heteroatoms. The number of likely N-dealkylation sites (N-methyl/N-ethyl adjacent to an activating group) is 1. The second-order valence-electron chi connectivity index (χ2n) is 7.50. The first kappa shape index (κ1) is 16.5. The molecule has 3 aliphatic rings. The zero-order valence-electron chi connectivity index (χ0n) is 13.8. The standard InChI is InChI=1S/C16H27ClFN3O/c1-12-15(2,16(12,17)18)11-20-7-9-21(10-8-20)14(22)13-5-4-6-19(13)3/h12-13H,4-11H2,1-3H3. The smallest absolute Gasteiger partial charge is 0.240 e. The van der Waals surface area contributed by atoms with Crippen molar-refractivity contribution in [2.24, 2.45) is 11.3 Å². The number of amides is 1. The molecule has 1 saturated carbocycles. The second kappa shape index (κ2) is 5.60. The first-order valence-corrected chi connectivity index (χ1v) is 8.74. The summed E-state index contributed by atoms with van der Waals surface area (Å²) in [6.45, 7) is 8.62. The zero-order chi connectivity index (χ0) is 16.1. The van der Waals surface area contributed by atoms with Crippen molar-refractivity contribution in [3.05, 3.63) is 0 Å². The third-order valence-corrected chi connectivity index (χ3v) is 6.98. The molecule has 1 amide bonds. The molecule has 2 heterocycles. The Balaban J connectivity index is 1.50. The van der Waals surface area contributed by atoms with Gasteiger partial charge in [-0.2, -0.15) is 0 Å². The quantitative estimate of drug-likeness (QED) is 0.738. The summed E-state index contributed by atoms with van der Waals surface area (Å²) in [6.07, 6.45) is 2.08. The minimum atomic E-state index is -1.56. The largest absolute Gasteiger partial charge is 0.339 e. The highest BCUT2D eigenvalue weighted by molar-refractivity contribution is 6.26. The zero-order valence-corrected chi connectivity index (χ0v) is 14.6. The van der Waals surface area contributed by atoms with Crippen molar-refractivity contribution in [3.8, 4) is 0 Å². The van der Waals surface area contributed by atoms with E-state index in [0.29, 0.717) is 6.54 Å². The van der Waals surface area contributed by atoms with Crippen LogP contribution in [0, 0.1) is 11.3 Å². The number of carbonyl (C=O) groups is 1. The van der Waals surface area contributed by atoms with E-state index in [2.05, 4.69) is 9.80 Å². The Labute approximate surface area is 137 Å². The Bertz CT molecular complexity index is 453. The van der Waals surface area contributed by atoms with Gasteiger partial charge in [0.25, 0.3) is 0 Å². The Hall–Kier alpha value is -0.390. The average Bonchev–Trinajstić information content (AvgIpc) is 2.84. The van der Waals surface area contributed by atoms with Gasteiger partial charge in [-0.05, 0) is 26.4 Å². The molecule has 4 unspecified atom stereocenters. The molecule has 2 aliphatic heterocycles. The van der Waals surface area contributed by atoms with Gasteiger partial charge in [-0.25, -0.2) is 4.39 Å². The molecule has 0 aromatic rings. The first-order valence-electron chi connectivity index (χ1n) is 8.36. The number of alkyl halides is 2. The SMILES string of the molecule is CC1C(F)(Cl)C1(C)CN1CCN(C(=O)C2CCCN2C)CC1. The lowest BCUT2D eigenvalue weighted by molar-refractivity contribution is -0.137. The summed E-state index contributed by atoms with van der Waals surface area (Å²) >= 11 is 5.94. The van der Waals surface area contributed by atoms with Crippen molar-refractivity contribution in [2.75, 3.05) is 46.3 Å². The van der Waals surface area contributed by atoms with E-state index < -0.39 is 10.5 Å². The van der Waals surface area contributed by atoms with Crippen molar-refractivity contribution in [2.45, 2.75) is 37.9 Å². The van der Waals surface area contributed by atoms with Crippen LogP contribution in [0.5, 0.6) is 0 Å². The Morgan fingerprint density at radius 1 is 1.27 bits per heavy atom. The number of nitrogens with zero attached hydrogens (tertiary/aromatic N) is 3. The van der Waals surface area contributed by atoms with Gasteiger partial charge in [-0.1, -0.05) is 25.4 Å². The fraction of sp³-hybridized carbons (Fsp3) is 0.938. The highest BCUT2D eigenvalue weighted by Crippen LogP contribution is 2.67. The van der Waals surface area contributed by atoms with E-state index in [0.717, 1.165) is 45.6 Å². The highest BCUT2D eigenvalue weighted by Gasteiger charge is 2.72. The van der Waals surface area contributed by atoms with Crippen molar-refractivity contribution in [1.29, 1.82) is 0 Å². The molecule has 4 nitrogen and oxygen atoms in total. The van der Waals surface area contributed by atoms with Crippen LogP contribution in [-0.2, 0) is 4.79 Å². The molecule has 1 aliphatic carbocycles. The third-order valence-electron chi connectivity index (χ3n) is 6.22. The lowest BCUT2D eigenvalue weighted by Crippen LogP contribution is -2.54. The molecule has 4 atom stereocenters. The van der Waals surface area contributed by atoms with Gasteiger partial charge in [0.1, 0.15) is 0 Å². The van der Waals surface area contributed by atoms with Crippen molar-refractivity contribution in [3.63, 3.8) is 0 Å². The monoisotopic (exact) mass is 331 g/mol. The van der Waals surface area contributed by atoms with Crippen molar-refractivity contribution in [1.82, 2.24) is 14.7 Å². The van der Waals surface area contributed by atoms with Crippen LogP contribution in [0.1, 0.15) is 26.7 Å². The van der Waals surface area contributed by atoms with E-state index in [1.165, 1.54) is 0 Å². The van der Waals surface area contributed by atoms with Crippen LogP contribution in [0.4, 0.5) is 4.39 Å². The molecule has 2 saturated heterocycles. The van der Waals surface area contributed by atoms with E-state index in [1.54, 1.807) is 0 Å². The van der Waals surface area contributed by atoms with E-state index in [9.17, 15) is 9.18 Å². The van der Waals surface area contributed by atoms with Crippen LogP contribution in [-0.4, -0.2) is 78.1 Å². The van der Waals surface area contributed by atoms with E-state index in [1.807, 2.05) is 25.8 Å². The van der Waals surface area contributed by atoms with Crippen LogP contribution < -0.4 is 0 Å². The maximum Gasteiger partial charge on any atom is 0.240 e. The normalized spacial score (nSPS) is 43.6. The van der Waals surface area contributed by atoms with Gasteiger partial charge in [-0.3, -0.25) is 14.6 Å². The summed E-state index contributed by atoms with van der Waals surface area (Å²) in [5.74, 6) is 0.163. The van der Waals surface area contributed by atoms with Crippen LogP contribution in [0.25, 0.3) is 0 Å². The molecule has 0 aromatic heterocycles. The molecule has 0 N–H and O–H groups in total. The summed E-state index contributed by atoms with van der Waals surface area (Å²) in [5.41, 5.74) is -0.452. The predicted octanol–water partition coefficient (Wildman–Crippen LogP) is 1.79. The minimum Gasteiger partial charge on any atom is -0.339 e. The van der Waals surface area contributed by atoms with Crippen molar-refractivity contribution >= 4 is 17.5 Å². The Morgan fingerprint density at radius 2 is 1.86 bits per heavy atom. The minimum absolute atomic E-state index is 0.0638. The fourth-order valence-electron chi connectivity index (χ4n) is 4.07. The molecule has 3 rings (SSSR count). The van der Waals surface area contributed by atoms with Crippen molar-refractivity contribution < 1.29 is 9.18 Å². The summed E-state index contributed by atoms with van der Waals surface area (Å²) in [4.78, 5) is 18.9. The van der Waals surface area contributed by atoms with E-state index in [-0.39, 0.29) is 17.9 Å². The summed E-state index contributed by atoms with van der Waals surface area (Å²) < 4.78 is 14.1. The molecule has 0 spiro atoms.